The lowest BCUT2D eigenvalue weighted by Gasteiger charge is -2.23. The Bertz CT molecular complexity index is 608. The summed E-state index contributed by atoms with van der Waals surface area (Å²) in [6.45, 7) is 3.24. The lowest BCUT2D eigenvalue weighted by atomic mass is 9.94. The SMILES string of the molecule is CCCC(NCC1(c2cccc(Cl)c2)CC1)c1cccnc1. The zero-order valence-electron chi connectivity index (χ0n) is 13.1. The molecule has 22 heavy (non-hydrogen) atoms. The van der Waals surface area contributed by atoms with Crippen molar-refractivity contribution >= 4 is 11.6 Å². The van der Waals surface area contributed by atoms with Crippen molar-refractivity contribution in [2.75, 3.05) is 6.54 Å². The summed E-state index contributed by atoms with van der Waals surface area (Å²) in [7, 11) is 0. The van der Waals surface area contributed by atoms with Crippen molar-refractivity contribution in [2.45, 2.75) is 44.1 Å². The van der Waals surface area contributed by atoms with E-state index in [1.54, 1.807) is 0 Å². The predicted molar refractivity (Wildman–Crippen MR) is 92.3 cm³/mol. The fourth-order valence-electron chi connectivity index (χ4n) is 3.11. The van der Waals surface area contributed by atoms with Crippen LogP contribution in [0.3, 0.4) is 0 Å². The van der Waals surface area contributed by atoms with Crippen molar-refractivity contribution in [1.82, 2.24) is 10.3 Å². The van der Waals surface area contributed by atoms with Crippen LogP contribution in [0, 0.1) is 0 Å². The van der Waals surface area contributed by atoms with Crippen LogP contribution in [0.4, 0.5) is 0 Å². The molecule has 1 heterocycles. The first kappa shape index (κ1) is 15.5. The molecule has 116 valence electrons. The first-order chi connectivity index (χ1) is 10.7. The molecule has 1 aliphatic rings. The van der Waals surface area contributed by atoms with Crippen LogP contribution >= 0.6 is 11.6 Å². The fraction of sp³-hybridized carbons (Fsp3) is 0.421. The molecule has 1 aromatic carbocycles. The number of halogens is 1. The highest BCUT2D eigenvalue weighted by Crippen LogP contribution is 2.48. The molecule has 0 aliphatic heterocycles. The van der Waals surface area contributed by atoms with Crippen molar-refractivity contribution < 1.29 is 0 Å². The summed E-state index contributed by atoms with van der Waals surface area (Å²) < 4.78 is 0. The van der Waals surface area contributed by atoms with Crippen LogP contribution in [-0.4, -0.2) is 11.5 Å². The Morgan fingerprint density at radius 2 is 2.14 bits per heavy atom. The number of pyridine rings is 1. The van der Waals surface area contributed by atoms with Gasteiger partial charge < -0.3 is 5.32 Å². The van der Waals surface area contributed by atoms with Gasteiger partial charge in [-0.15, -0.1) is 0 Å². The molecule has 0 saturated heterocycles. The molecule has 0 radical (unpaired) electrons. The van der Waals surface area contributed by atoms with Gasteiger partial charge in [-0.2, -0.15) is 0 Å². The van der Waals surface area contributed by atoms with E-state index in [4.69, 9.17) is 11.6 Å². The number of hydrogen-bond donors (Lipinski definition) is 1. The molecule has 1 aliphatic carbocycles. The highest BCUT2D eigenvalue weighted by molar-refractivity contribution is 6.30. The topological polar surface area (TPSA) is 24.9 Å². The maximum atomic E-state index is 6.16. The van der Waals surface area contributed by atoms with E-state index in [-0.39, 0.29) is 5.41 Å². The van der Waals surface area contributed by atoms with Crippen LogP contribution in [-0.2, 0) is 5.41 Å². The number of benzene rings is 1. The van der Waals surface area contributed by atoms with E-state index in [0.29, 0.717) is 6.04 Å². The summed E-state index contributed by atoms with van der Waals surface area (Å²) in [5.74, 6) is 0. The van der Waals surface area contributed by atoms with Gasteiger partial charge in [0.25, 0.3) is 0 Å². The van der Waals surface area contributed by atoms with Gasteiger partial charge in [-0.05, 0) is 48.6 Å². The van der Waals surface area contributed by atoms with Crippen LogP contribution in [0.1, 0.15) is 49.8 Å². The normalized spacial score (nSPS) is 17.2. The van der Waals surface area contributed by atoms with Gasteiger partial charge in [-0.1, -0.05) is 43.1 Å². The molecule has 1 N–H and O–H groups in total. The summed E-state index contributed by atoms with van der Waals surface area (Å²) >= 11 is 6.16. The summed E-state index contributed by atoms with van der Waals surface area (Å²) in [6.07, 6.45) is 8.60. The number of nitrogens with one attached hydrogen (secondary N) is 1. The maximum absolute atomic E-state index is 6.16. The highest BCUT2D eigenvalue weighted by Gasteiger charge is 2.44. The molecule has 0 spiro atoms. The van der Waals surface area contributed by atoms with Gasteiger partial charge in [0, 0.05) is 35.4 Å². The Kier molecular flexibility index (Phi) is 4.80. The summed E-state index contributed by atoms with van der Waals surface area (Å²) in [4.78, 5) is 4.26. The molecule has 2 aromatic rings. The van der Waals surface area contributed by atoms with Gasteiger partial charge in [0.1, 0.15) is 0 Å². The quantitative estimate of drug-likeness (QED) is 0.786. The van der Waals surface area contributed by atoms with E-state index in [1.165, 1.54) is 24.0 Å². The van der Waals surface area contributed by atoms with Crippen molar-refractivity contribution in [3.8, 4) is 0 Å². The first-order valence-electron chi connectivity index (χ1n) is 8.13. The second-order valence-electron chi connectivity index (χ2n) is 6.30. The molecule has 1 saturated carbocycles. The Morgan fingerprint density at radius 1 is 1.27 bits per heavy atom. The van der Waals surface area contributed by atoms with E-state index in [0.717, 1.165) is 24.4 Å². The Hall–Kier alpha value is -1.38. The highest BCUT2D eigenvalue weighted by atomic mass is 35.5. The zero-order valence-corrected chi connectivity index (χ0v) is 13.8. The minimum Gasteiger partial charge on any atom is -0.309 e. The molecular weight excluding hydrogens is 292 g/mol. The van der Waals surface area contributed by atoms with Crippen LogP contribution < -0.4 is 5.32 Å². The van der Waals surface area contributed by atoms with Gasteiger partial charge >= 0.3 is 0 Å². The van der Waals surface area contributed by atoms with Crippen LogP contribution in [0.5, 0.6) is 0 Å². The largest absolute Gasteiger partial charge is 0.309 e. The van der Waals surface area contributed by atoms with Crippen molar-refractivity contribution in [3.05, 3.63) is 64.9 Å². The third-order valence-electron chi connectivity index (χ3n) is 4.64. The molecular formula is C19H23ClN2. The van der Waals surface area contributed by atoms with E-state index in [9.17, 15) is 0 Å². The number of rotatable bonds is 7. The van der Waals surface area contributed by atoms with Gasteiger partial charge in [0.15, 0.2) is 0 Å². The van der Waals surface area contributed by atoms with Gasteiger partial charge in [-0.3, -0.25) is 4.98 Å². The van der Waals surface area contributed by atoms with Crippen LogP contribution in [0.15, 0.2) is 48.8 Å². The Labute approximate surface area is 137 Å². The second-order valence-corrected chi connectivity index (χ2v) is 6.74. The second kappa shape index (κ2) is 6.80. The van der Waals surface area contributed by atoms with Crippen molar-refractivity contribution in [2.24, 2.45) is 0 Å². The average molecular weight is 315 g/mol. The number of aromatic nitrogens is 1. The summed E-state index contributed by atoms with van der Waals surface area (Å²) in [6, 6.07) is 12.9. The number of hydrogen-bond acceptors (Lipinski definition) is 2. The van der Waals surface area contributed by atoms with E-state index >= 15 is 0 Å². The molecule has 1 aromatic heterocycles. The molecule has 3 rings (SSSR count). The van der Waals surface area contributed by atoms with E-state index in [1.807, 2.05) is 24.5 Å². The van der Waals surface area contributed by atoms with Crippen LogP contribution in [0.25, 0.3) is 0 Å². The lowest BCUT2D eigenvalue weighted by Crippen LogP contribution is -2.30. The van der Waals surface area contributed by atoms with Gasteiger partial charge in [0.05, 0.1) is 0 Å². The molecule has 0 amide bonds. The zero-order chi connectivity index (χ0) is 15.4. The first-order valence-corrected chi connectivity index (χ1v) is 8.51. The van der Waals surface area contributed by atoms with Crippen LogP contribution in [0.2, 0.25) is 5.02 Å². The fourth-order valence-corrected chi connectivity index (χ4v) is 3.30. The van der Waals surface area contributed by atoms with Crippen molar-refractivity contribution in [3.63, 3.8) is 0 Å². The number of nitrogens with zero attached hydrogens (tertiary/aromatic N) is 1. The molecule has 0 bridgehead atoms. The third kappa shape index (κ3) is 3.50. The van der Waals surface area contributed by atoms with Gasteiger partial charge in [0.2, 0.25) is 0 Å². The predicted octanol–water partition coefficient (Wildman–Crippen LogP) is 4.90. The molecule has 1 fully saturated rings. The monoisotopic (exact) mass is 314 g/mol. The van der Waals surface area contributed by atoms with E-state index in [2.05, 4.69) is 41.5 Å². The minimum absolute atomic E-state index is 0.277. The molecule has 1 unspecified atom stereocenters. The Balaban J connectivity index is 1.70. The molecule has 1 atom stereocenters. The maximum Gasteiger partial charge on any atom is 0.0408 e. The molecule has 3 heteroatoms. The van der Waals surface area contributed by atoms with Crippen molar-refractivity contribution in [1.29, 1.82) is 0 Å². The minimum atomic E-state index is 0.277. The summed E-state index contributed by atoms with van der Waals surface area (Å²) in [5, 5.41) is 4.61. The molecule has 2 nitrogen and oxygen atoms in total. The average Bonchev–Trinajstić information content (AvgIpc) is 3.33. The standard InChI is InChI=1S/C19H23ClN2/c1-2-5-18(15-6-4-11-21-13-15)22-14-19(9-10-19)16-7-3-8-17(20)12-16/h3-4,6-8,11-13,18,22H,2,5,9-10,14H2,1H3. The van der Waals surface area contributed by atoms with Gasteiger partial charge in [-0.25, -0.2) is 0 Å². The third-order valence-corrected chi connectivity index (χ3v) is 4.88. The lowest BCUT2D eigenvalue weighted by molar-refractivity contribution is 0.457. The summed E-state index contributed by atoms with van der Waals surface area (Å²) in [5.41, 5.74) is 2.93. The van der Waals surface area contributed by atoms with E-state index < -0.39 is 0 Å². The smallest absolute Gasteiger partial charge is 0.0408 e. The Morgan fingerprint density at radius 3 is 2.77 bits per heavy atom.